The average molecular weight is 470 g/mol. The van der Waals surface area contributed by atoms with E-state index in [9.17, 15) is 13.6 Å². The fourth-order valence-corrected chi connectivity index (χ4v) is 4.25. The molecule has 1 aromatic carbocycles. The number of hydrogen-bond acceptors (Lipinski definition) is 4. The number of aromatic nitrogens is 2. The number of anilines is 1. The molecule has 1 aliphatic heterocycles. The first kappa shape index (κ1) is 22.0. The van der Waals surface area contributed by atoms with E-state index in [1.165, 1.54) is 0 Å². The van der Waals surface area contributed by atoms with Crippen LogP contribution < -0.4 is 10.6 Å². The van der Waals surface area contributed by atoms with Gasteiger partial charge in [-0.25, -0.2) is 23.5 Å². The molecule has 10 heteroatoms. The maximum absolute atomic E-state index is 13.4. The normalized spacial score (nSPS) is 20.8. The van der Waals surface area contributed by atoms with Crippen molar-refractivity contribution >= 4 is 35.2 Å². The Labute approximate surface area is 189 Å². The van der Waals surface area contributed by atoms with Gasteiger partial charge in [0.2, 0.25) is 11.9 Å². The van der Waals surface area contributed by atoms with Gasteiger partial charge < -0.3 is 15.5 Å². The third-order valence-corrected chi connectivity index (χ3v) is 6.49. The van der Waals surface area contributed by atoms with Crippen LogP contribution in [0.5, 0.6) is 0 Å². The van der Waals surface area contributed by atoms with Gasteiger partial charge in [0.15, 0.2) is 0 Å². The molecule has 2 N–H and O–H groups in total. The number of urea groups is 1. The summed E-state index contributed by atoms with van der Waals surface area (Å²) in [6.07, 6.45) is 2.39. The number of rotatable bonds is 4. The van der Waals surface area contributed by atoms with Crippen molar-refractivity contribution in [2.45, 2.75) is 57.2 Å². The number of fused-ring (bicyclic) bond motifs is 1. The minimum absolute atomic E-state index is 0.124. The minimum atomic E-state index is -2.63. The molecule has 1 aliphatic carbocycles. The number of alkyl halides is 2. The molecule has 1 saturated carbocycles. The Balaban J connectivity index is 1.39. The number of hydrogen-bond donors (Lipinski definition) is 2. The molecule has 2 aliphatic rings. The molecule has 0 radical (unpaired) electrons. The summed E-state index contributed by atoms with van der Waals surface area (Å²) in [6, 6.07) is 4.44. The second-order valence-electron chi connectivity index (χ2n) is 8.12. The van der Waals surface area contributed by atoms with Crippen molar-refractivity contribution < 1.29 is 13.6 Å². The third-order valence-electron chi connectivity index (χ3n) is 5.75. The molecule has 1 fully saturated rings. The van der Waals surface area contributed by atoms with Gasteiger partial charge >= 0.3 is 6.03 Å². The number of benzene rings is 1. The third kappa shape index (κ3) is 5.18. The highest BCUT2D eigenvalue weighted by Crippen LogP contribution is 2.36. The first-order chi connectivity index (χ1) is 14.7. The van der Waals surface area contributed by atoms with E-state index in [2.05, 4.69) is 20.6 Å². The van der Waals surface area contributed by atoms with Crippen LogP contribution in [0.3, 0.4) is 0 Å². The molecule has 2 amide bonds. The highest BCUT2D eigenvalue weighted by atomic mass is 35.5. The predicted molar refractivity (Wildman–Crippen MR) is 116 cm³/mol. The lowest BCUT2D eigenvalue weighted by molar-refractivity contribution is 0.00850. The summed E-state index contributed by atoms with van der Waals surface area (Å²) < 4.78 is 26.9. The number of nitrogens with zero attached hydrogens (tertiary/aromatic N) is 3. The maximum Gasteiger partial charge on any atom is 0.318 e. The number of carbonyl (C=O) groups excluding carboxylic acids is 1. The van der Waals surface area contributed by atoms with Crippen molar-refractivity contribution in [3.05, 3.63) is 51.3 Å². The Kier molecular flexibility index (Phi) is 6.21. The molecule has 166 valence electrons. The Hall–Kier alpha value is -2.19. The summed E-state index contributed by atoms with van der Waals surface area (Å²) in [5, 5.41) is 6.87. The van der Waals surface area contributed by atoms with Crippen molar-refractivity contribution in [1.29, 1.82) is 0 Å². The Bertz CT molecular complexity index is 990. The maximum atomic E-state index is 13.4. The van der Waals surface area contributed by atoms with Crippen LogP contribution >= 0.6 is 23.2 Å². The number of amides is 2. The fraction of sp³-hybridized carbons (Fsp3) is 0.476. The predicted octanol–water partition coefficient (Wildman–Crippen LogP) is 5.21. The molecule has 4 rings (SSSR count). The van der Waals surface area contributed by atoms with E-state index in [-0.39, 0.29) is 31.0 Å². The van der Waals surface area contributed by atoms with Gasteiger partial charge in [0.1, 0.15) is 0 Å². The molecule has 2 atom stereocenters. The molecule has 6 nitrogen and oxygen atoms in total. The van der Waals surface area contributed by atoms with Crippen molar-refractivity contribution in [3.63, 3.8) is 0 Å². The van der Waals surface area contributed by atoms with E-state index >= 15 is 0 Å². The molecule has 1 aromatic heterocycles. The quantitative estimate of drug-likeness (QED) is 0.644. The summed E-state index contributed by atoms with van der Waals surface area (Å²) >= 11 is 12.0. The van der Waals surface area contributed by atoms with Crippen LogP contribution in [0.4, 0.5) is 19.5 Å². The van der Waals surface area contributed by atoms with Crippen molar-refractivity contribution in [1.82, 2.24) is 20.2 Å². The van der Waals surface area contributed by atoms with E-state index in [1.807, 2.05) is 13.0 Å². The average Bonchev–Trinajstić information content (AvgIpc) is 3.07. The summed E-state index contributed by atoms with van der Waals surface area (Å²) in [4.78, 5) is 23.2. The first-order valence-electron chi connectivity index (χ1n) is 10.2. The molecule has 2 unspecified atom stereocenters. The second kappa shape index (κ2) is 8.74. The summed E-state index contributed by atoms with van der Waals surface area (Å²) in [7, 11) is 0. The van der Waals surface area contributed by atoms with Crippen LogP contribution in [0.2, 0.25) is 10.0 Å². The van der Waals surface area contributed by atoms with Gasteiger partial charge in [0, 0.05) is 31.6 Å². The van der Waals surface area contributed by atoms with Crippen molar-refractivity contribution in [2.24, 2.45) is 0 Å². The van der Waals surface area contributed by atoms with E-state index in [0.717, 1.165) is 16.8 Å². The van der Waals surface area contributed by atoms with E-state index in [4.69, 9.17) is 23.2 Å². The van der Waals surface area contributed by atoms with Gasteiger partial charge in [-0.1, -0.05) is 29.3 Å². The zero-order chi connectivity index (χ0) is 22.2. The second-order valence-corrected chi connectivity index (χ2v) is 8.94. The highest BCUT2D eigenvalue weighted by molar-refractivity contribution is 6.42. The van der Waals surface area contributed by atoms with Gasteiger partial charge in [0.25, 0.3) is 0 Å². The Morgan fingerprint density at radius 3 is 2.84 bits per heavy atom. The SMILES string of the molecule is CC(NC(=O)N1CCc2cnc(NC3CCC(F)(F)C3)nc2C1)c1ccc(Cl)c(Cl)c1. The Morgan fingerprint density at radius 1 is 1.32 bits per heavy atom. The lowest BCUT2D eigenvalue weighted by Crippen LogP contribution is -2.44. The molecular weight excluding hydrogens is 447 g/mol. The monoisotopic (exact) mass is 469 g/mol. The number of carbonyl (C=O) groups is 1. The fourth-order valence-electron chi connectivity index (χ4n) is 3.94. The molecule has 0 saturated heterocycles. The number of nitrogens with one attached hydrogen (secondary N) is 2. The molecule has 2 aromatic rings. The van der Waals surface area contributed by atoms with E-state index < -0.39 is 5.92 Å². The smallest absolute Gasteiger partial charge is 0.318 e. The minimum Gasteiger partial charge on any atom is -0.351 e. The number of halogens is 4. The molecular formula is C21H23Cl2F2N5O. The van der Waals surface area contributed by atoms with Crippen LogP contribution in [0.15, 0.2) is 24.4 Å². The van der Waals surface area contributed by atoms with E-state index in [0.29, 0.717) is 41.9 Å². The van der Waals surface area contributed by atoms with Gasteiger partial charge in [-0.2, -0.15) is 0 Å². The van der Waals surface area contributed by atoms with Gasteiger partial charge in [-0.15, -0.1) is 0 Å². The molecule has 2 heterocycles. The largest absolute Gasteiger partial charge is 0.351 e. The van der Waals surface area contributed by atoms with Crippen LogP contribution in [-0.4, -0.2) is 39.4 Å². The van der Waals surface area contributed by atoms with E-state index in [1.54, 1.807) is 23.2 Å². The standard InChI is InChI=1S/C21H23Cl2F2N5O/c1-12(13-2-3-16(22)17(23)8-13)27-20(31)30-7-5-14-10-26-19(29-18(14)11-30)28-15-4-6-21(24,25)9-15/h2-3,8,10,12,15H,4-7,9,11H2,1H3,(H,27,31)(H,26,28,29). The zero-order valence-electron chi connectivity index (χ0n) is 17.0. The van der Waals surface area contributed by atoms with Crippen LogP contribution in [0, 0.1) is 0 Å². The topological polar surface area (TPSA) is 70.2 Å². The van der Waals surface area contributed by atoms with Gasteiger partial charge in [-0.3, -0.25) is 0 Å². The summed E-state index contributed by atoms with van der Waals surface area (Å²) in [5.41, 5.74) is 2.54. The lowest BCUT2D eigenvalue weighted by Gasteiger charge is -2.29. The summed E-state index contributed by atoms with van der Waals surface area (Å²) in [6.45, 7) is 2.74. The molecule has 0 spiro atoms. The lowest BCUT2D eigenvalue weighted by atomic mass is 10.1. The Morgan fingerprint density at radius 2 is 2.13 bits per heavy atom. The van der Waals surface area contributed by atoms with Gasteiger partial charge in [0.05, 0.1) is 28.3 Å². The van der Waals surface area contributed by atoms with Gasteiger partial charge in [-0.05, 0) is 43.0 Å². The van der Waals surface area contributed by atoms with Crippen LogP contribution in [0.25, 0.3) is 0 Å². The van der Waals surface area contributed by atoms with Crippen LogP contribution in [0.1, 0.15) is 49.0 Å². The van der Waals surface area contributed by atoms with Crippen molar-refractivity contribution in [3.8, 4) is 0 Å². The first-order valence-corrected chi connectivity index (χ1v) is 11.0. The zero-order valence-corrected chi connectivity index (χ0v) is 18.5. The van der Waals surface area contributed by atoms with Crippen molar-refractivity contribution in [2.75, 3.05) is 11.9 Å². The summed E-state index contributed by atoms with van der Waals surface area (Å²) in [5.74, 6) is -2.31. The molecule has 0 bridgehead atoms. The highest BCUT2D eigenvalue weighted by Gasteiger charge is 2.39. The van der Waals surface area contributed by atoms with Crippen LogP contribution in [-0.2, 0) is 13.0 Å². The molecule has 31 heavy (non-hydrogen) atoms.